The first-order valence-electron chi connectivity index (χ1n) is 12.5. The molecule has 186 valence electrons. The molecule has 0 atom stereocenters. The van der Waals surface area contributed by atoms with E-state index in [4.69, 9.17) is 4.99 Å². The van der Waals surface area contributed by atoms with Crippen molar-refractivity contribution in [2.75, 3.05) is 11.9 Å². The van der Waals surface area contributed by atoms with Gasteiger partial charge in [-0.3, -0.25) is 15.1 Å². The van der Waals surface area contributed by atoms with Gasteiger partial charge in [0, 0.05) is 52.0 Å². The van der Waals surface area contributed by atoms with Gasteiger partial charge in [-0.05, 0) is 86.8 Å². The number of rotatable bonds is 6. The van der Waals surface area contributed by atoms with Crippen LogP contribution >= 0.6 is 0 Å². The number of guanidine groups is 1. The summed E-state index contributed by atoms with van der Waals surface area (Å²) in [5.74, 6) is 0.222. The normalized spacial score (nSPS) is 11.6. The highest BCUT2D eigenvalue weighted by Gasteiger charge is 2.12. The molecule has 3 aromatic carbocycles. The van der Waals surface area contributed by atoms with Crippen molar-refractivity contribution >= 4 is 28.5 Å². The van der Waals surface area contributed by atoms with Crippen molar-refractivity contribution in [3.8, 4) is 5.69 Å². The third-order valence-corrected chi connectivity index (χ3v) is 6.61. The Hall–Kier alpha value is -4.58. The average molecular weight is 490 g/mol. The molecule has 5 rings (SSSR count). The number of carbonyl (C=O) groups is 1. The zero-order chi connectivity index (χ0) is 25.8. The van der Waals surface area contributed by atoms with Gasteiger partial charge in [0.1, 0.15) is 0 Å². The highest BCUT2D eigenvalue weighted by molar-refractivity contribution is 6.10. The summed E-state index contributed by atoms with van der Waals surface area (Å²) in [5, 5.41) is 7.51. The summed E-state index contributed by atoms with van der Waals surface area (Å²) in [7, 11) is 0. The summed E-state index contributed by atoms with van der Waals surface area (Å²) in [4.78, 5) is 21.2. The van der Waals surface area contributed by atoms with Crippen LogP contribution in [0.3, 0.4) is 0 Å². The number of nitrogens with one attached hydrogen (secondary N) is 3. The number of hydrogen-bond donors (Lipinski definition) is 3. The summed E-state index contributed by atoms with van der Waals surface area (Å²) >= 11 is 0. The standard InChI is InChI=1S/C31H31N5O/c1-21-8-4-6-10-28(21)34-31(32-19-18-25-20-33-29-11-7-5-9-27(25)29)35-30(37)24-14-16-26(17-15-24)36-22(2)12-13-23(36)3/h4-17,20,33H,18-19H2,1-3H3,(H2,32,34,35,37). The number of anilines is 1. The molecule has 0 saturated heterocycles. The minimum Gasteiger partial charge on any atom is -0.361 e. The number of benzene rings is 3. The van der Waals surface area contributed by atoms with Gasteiger partial charge in [-0.15, -0.1) is 0 Å². The van der Waals surface area contributed by atoms with Gasteiger partial charge in [0.05, 0.1) is 0 Å². The predicted molar refractivity (Wildman–Crippen MR) is 152 cm³/mol. The lowest BCUT2D eigenvalue weighted by Crippen LogP contribution is -2.36. The second kappa shape index (κ2) is 10.6. The predicted octanol–water partition coefficient (Wildman–Crippen LogP) is 6.32. The highest BCUT2D eigenvalue weighted by Crippen LogP contribution is 2.19. The van der Waals surface area contributed by atoms with E-state index in [1.54, 1.807) is 0 Å². The smallest absolute Gasteiger partial charge is 0.257 e. The number of carbonyl (C=O) groups excluding carboxylic acids is 1. The first-order chi connectivity index (χ1) is 18.0. The summed E-state index contributed by atoms with van der Waals surface area (Å²) < 4.78 is 2.17. The van der Waals surface area contributed by atoms with Crippen molar-refractivity contribution in [1.29, 1.82) is 0 Å². The fraction of sp³-hybridized carbons (Fsp3) is 0.161. The van der Waals surface area contributed by atoms with E-state index in [1.165, 1.54) is 10.9 Å². The maximum absolute atomic E-state index is 13.2. The number of aromatic nitrogens is 2. The molecule has 0 unspecified atom stereocenters. The highest BCUT2D eigenvalue weighted by atomic mass is 16.1. The number of hydrogen-bond acceptors (Lipinski definition) is 2. The Morgan fingerprint density at radius 1 is 0.865 bits per heavy atom. The number of fused-ring (bicyclic) bond motifs is 1. The number of aromatic amines is 1. The molecule has 0 aliphatic rings. The minimum absolute atomic E-state index is 0.209. The van der Waals surface area contributed by atoms with Gasteiger partial charge < -0.3 is 14.9 Å². The lowest BCUT2D eigenvalue weighted by molar-refractivity contribution is 0.0977. The molecule has 0 bridgehead atoms. The van der Waals surface area contributed by atoms with Crippen LogP contribution in [0.25, 0.3) is 16.6 Å². The van der Waals surface area contributed by atoms with Crippen LogP contribution in [0.15, 0.2) is 96.1 Å². The molecule has 1 amide bonds. The average Bonchev–Trinajstić information content (AvgIpc) is 3.47. The van der Waals surface area contributed by atoms with Gasteiger partial charge >= 0.3 is 0 Å². The summed E-state index contributed by atoms with van der Waals surface area (Å²) in [6, 6.07) is 28.0. The Morgan fingerprint density at radius 3 is 2.32 bits per heavy atom. The molecular formula is C31H31N5O. The van der Waals surface area contributed by atoms with Crippen molar-refractivity contribution in [3.63, 3.8) is 0 Å². The lowest BCUT2D eigenvalue weighted by atomic mass is 10.1. The van der Waals surface area contributed by atoms with Crippen molar-refractivity contribution in [3.05, 3.63) is 119 Å². The monoisotopic (exact) mass is 489 g/mol. The lowest BCUT2D eigenvalue weighted by Gasteiger charge is -2.14. The Morgan fingerprint density at radius 2 is 1.57 bits per heavy atom. The Labute approximate surface area is 217 Å². The number of amides is 1. The summed E-state index contributed by atoms with van der Waals surface area (Å²) in [6.07, 6.45) is 2.78. The molecule has 0 radical (unpaired) electrons. The van der Waals surface area contributed by atoms with Crippen LogP contribution < -0.4 is 10.6 Å². The van der Waals surface area contributed by atoms with E-state index in [0.29, 0.717) is 18.1 Å². The van der Waals surface area contributed by atoms with Gasteiger partial charge in [0.15, 0.2) is 0 Å². The fourth-order valence-electron chi connectivity index (χ4n) is 4.59. The van der Waals surface area contributed by atoms with Gasteiger partial charge in [0.2, 0.25) is 5.96 Å². The Balaban J connectivity index is 1.34. The third-order valence-electron chi connectivity index (χ3n) is 6.61. The van der Waals surface area contributed by atoms with E-state index in [0.717, 1.165) is 40.3 Å². The third kappa shape index (κ3) is 5.33. The molecule has 6 nitrogen and oxygen atoms in total. The zero-order valence-corrected chi connectivity index (χ0v) is 21.4. The van der Waals surface area contributed by atoms with Crippen molar-refractivity contribution < 1.29 is 4.79 Å². The van der Waals surface area contributed by atoms with Crippen LogP contribution in [0.5, 0.6) is 0 Å². The van der Waals surface area contributed by atoms with Crippen LogP contribution in [-0.4, -0.2) is 28.0 Å². The first kappa shape index (κ1) is 24.1. The Bertz CT molecular complexity index is 1550. The topological polar surface area (TPSA) is 74.2 Å². The quantitative estimate of drug-likeness (QED) is 0.193. The number of para-hydroxylation sites is 2. The second-order valence-electron chi connectivity index (χ2n) is 9.23. The number of nitrogens with zero attached hydrogens (tertiary/aromatic N) is 2. The van der Waals surface area contributed by atoms with Crippen LogP contribution in [-0.2, 0) is 6.42 Å². The maximum atomic E-state index is 13.2. The molecule has 0 aliphatic carbocycles. The molecule has 0 fully saturated rings. The molecule has 3 N–H and O–H groups in total. The van der Waals surface area contributed by atoms with Gasteiger partial charge in [-0.1, -0.05) is 36.4 Å². The van der Waals surface area contributed by atoms with Crippen LogP contribution in [0.4, 0.5) is 5.69 Å². The molecule has 0 saturated carbocycles. The molecule has 37 heavy (non-hydrogen) atoms. The number of aryl methyl sites for hydroxylation is 3. The van der Waals surface area contributed by atoms with E-state index >= 15 is 0 Å². The zero-order valence-electron chi connectivity index (χ0n) is 21.4. The summed E-state index contributed by atoms with van der Waals surface area (Å²) in [5.41, 5.74) is 8.20. The second-order valence-corrected chi connectivity index (χ2v) is 9.23. The molecule has 2 aromatic heterocycles. The molecule has 5 aromatic rings. The van der Waals surface area contributed by atoms with Gasteiger partial charge in [-0.2, -0.15) is 0 Å². The van der Waals surface area contributed by atoms with Crippen LogP contribution in [0.1, 0.15) is 32.9 Å². The number of aliphatic imine (C=N–C) groups is 1. The van der Waals surface area contributed by atoms with E-state index < -0.39 is 0 Å². The van der Waals surface area contributed by atoms with Crippen molar-refractivity contribution in [2.45, 2.75) is 27.2 Å². The SMILES string of the molecule is Cc1ccccc1NC(=NCCc1c[nH]c2ccccc12)NC(=O)c1ccc(-n2c(C)ccc2C)cc1. The van der Waals surface area contributed by atoms with Crippen LogP contribution in [0.2, 0.25) is 0 Å². The molecule has 2 heterocycles. The maximum Gasteiger partial charge on any atom is 0.257 e. The summed E-state index contributed by atoms with van der Waals surface area (Å²) in [6.45, 7) is 6.70. The molecular weight excluding hydrogens is 458 g/mol. The fourth-order valence-corrected chi connectivity index (χ4v) is 4.59. The molecule has 6 heteroatoms. The molecule has 0 aliphatic heterocycles. The first-order valence-corrected chi connectivity index (χ1v) is 12.5. The molecule has 0 spiro atoms. The van der Waals surface area contributed by atoms with Gasteiger partial charge in [0.25, 0.3) is 5.91 Å². The van der Waals surface area contributed by atoms with E-state index in [1.807, 2.05) is 73.8 Å². The Kier molecular flexibility index (Phi) is 6.90. The van der Waals surface area contributed by atoms with Crippen molar-refractivity contribution in [1.82, 2.24) is 14.9 Å². The van der Waals surface area contributed by atoms with Crippen LogP contribution in [0, 0.1) is 20.8 Å². The van der Waals surface area contributed by atoms with Gasteiger partial charge in [-0.25, -0.2) is 0 Å². The number of H-pyrrole nitrogens is 1. The minimum atomic E-state index is -0.209. The van der Waals surface area contributed by atoms with E-state index in [-0.39, 0.29) is 5.91 Å². The van der Waals surface area contributed by atoms with Crippen molar-refractivity contribution in [2.24, 2.45) is 4.99 Å². The van der Waals surface area contributed by atoms with E-state index in [9.17, 15) is 4.79 Å². The largest absolute Gasteiger partial charge is 0.361 e. The van der Waals surface area contributed by atoms with E-state index in [2.05, 4.69) is 58.3 Å².